The highest BCUT2D eigenvalue weighted by Crippen LogP contribution is 2.04. The van der Waals surface area contributed by atoms with Crippen molar-refractivity contribution in [3.8, 4) is 0 Å². The summed E-state index contributed by atoms with van der Waals surface area (Å²) in [7, 11) is 4.29. The molecule has 1 N–H and O–H groups in total. The lowest BCUT2D eigenvalue weighted by molar-refractivity contribution is 0.165. The van der Waals surface area contributed by atoms with Crippen molar-refractivity contribution in [2.45, 2.75) is 46.7 Å². The Hall–Kier alpha value is -0.120. The van der Waals surface area contributed by atoms with Gasteiger partial charge in [0, 0.05) is 38.3 Å². The van der Waals surface area contributed by atoms with Crippen molar-refractivity contribution >= 4 is 0 Å². The fraction of sp³-hybridized carbons (Fsp3) is 1.00. The van der Waals surface area contributed by atoms with E-state index in [4.69, 9.17) is 0 Å². The van der Waals surface area contributed by atoms with Crippen LogP contribution >= 0.6 is 0 Å². The predicted molar refractivity (Wildman–Crippen MR) is 77.6 cm³/mol. The summed E-state index contributed by atoms with van der Waals surface area (Å²) in [5, 5.41) is 3.53. The number of nitrogens with one attached hydrogen (secondary N) is 1. The average Bonchev–Trinajstić information content (AvgIpc) is 2.19. The van der Waals surface area contributed by atoms with E-state index in [9.17, 15) is 0 Å². The Kier molecular flexibility index (Phi) is 8.83. The van der Waals surface area contributed by atoms with E-state index >= 15 is 0 Å². The van der Waals surface area contributed by atoms with Gasteiger partial charge in [-0.2, -0.15) is 0 Å². The first-order chi connectivity index (χ1) is 7.82. The van der Waals surface area contributed by atoms with Crippen molar-refractivity contribution in [1.29, 1.82) is 0 Å². The number of hydrogen-bond acceptors (Lipinski definition) is 3. The van der Waals surface area contributed by atoms with Crippen LogP contribution in [0.3, 0.4) is 0 Å². The Morgan fingerprint density at radius 2 is 1.53 bits per heavy atom. The summed E-state index contributed by atoms with van der Waals surface area (Å²) in [5.41, 5.74) is 0. The Morgan fingerprint density at radius 1 is 0.941 bits per heavy atom. The number of likely N-dealkylation sites (N-methyl/N-ethyl adjacent to an activating group) is 1. The van der Waals surface area contributed by atoms with Gasteiger partial charge in [0.05, 0.1) is 0 Å². The quantitative estimate of drug-likeness (QED) is 0.667. The molecule has 1 atom stereocenters. The summed E-state index contributed by atoms with van der Waals surface area (Å²) in [4.78, 5) is 4.86. The maximum atomic E-state index is 3.53. The normalized spacial score (nSPS) is 14.3. The molecule has 0 radical (unpaired) electrons. The molecule has 0 fully saturated rings. The second-order valence-electron chi connectivity index (χ2n) is 6.10. The Morgan fingerprint density at radius 3 is 1.94 bits per heavy atom. The van der Waals surface area contributed by atoms with Crippen molar-refractivity contribution in [2.24, 2.45) is 5.92 Å². The van der Waals surface area contributed by atoms with Crippen molar-refractivity contribution in [3.63, 3.8) is 0 Å². The molecule has 0 aliphatic carbocycles. The van der Waals surface area contributed by atoms with Crippen LogP contribution in [0.1, 0.15) is 34.6 Å². The summed E-state index contributed by atoms with van der Waals surface area (Å²) < 4.78 is 0. The highest BCUT2D eigenvalue weighted by Gasteiger charge is 2.15. The first-order valence-corrected chi connectivity index (χ1v) is 6.95. The van der Waals surface area contributed by atoms with Gasteiger partial charge in [-0.25, -0.2) is 0 Å². The number of nitrogens with zero attached hydrogens (tertiary/aromatic N) is 2. The van der Waals surface area contributed by atoms with Crippen LogP contribution in [-0.2, 0) is 0 Å². The molecular formula is C14H33N3. The fourth-order valence-electron chi connectivity index (χ4n) is 1.82. The SMILES string of the molecule is CC(C)CN(CCN(C)C)C(C)CNC(C)C. The van der Waals surface area contributed by atoms with Gasteiger partial charge in [-0.15, -0.1) is 0 Å². The van der Waals surface area contributed by atoms with E-state index in [0.29, 0.717) is 12.1 Å². The van der Waals surface area contributed by atoms with Gasteiger partial charge in [-0.3, -0.25) is 4.90 Å². The number of rotatable bonds is 9. The molecule has 0 aromatic heterocycles. The van der Waals surface area contributed by atoms with Crippen molar-refractivity contribution < 1.29 is 0 Å². The molecule has 3 nitrogen and oxygen atoms in total. The molecular weight excluding hydrogens is 210 g/mol. The monoisotopic (exact) mass is 243 g/mol. The second-order valence-corrected chi connectivity index (χ2v) is 6.10. The highest BCUT2D eigenvalue weighted by atomic mass is 15.2. The Labute approximate surface area is 109 Å². The minimum absolute atomic E-state index is 0.576. The predicted octanol–water partition coefficient (Wildman–Crippen LogP) is 1.89. The van der Waals surface area contributed by atoms with Gasteiger partial charge in [0.15, 0.2) is 0 Å². The Bertz CT molecular complexity index is 178. The lowest BCUT2D eigenvalue weighted by Crippen LogP contribution is -2.46. The van der Waals surface area contributed by atoms with Gasteiger partial charge >= 0.3 is 0 Å². The second kappa shape index (κ2) is 8.90. The van der Waals surface area contributed by atoms with Crippen LogP contribution in [0.4, 0.5) is 0 Å². The van der Waals surface area contributed by atoms with Crippen LogP contribution in [0.5, 0.6) is 0 Å². The molecule has 3 heteroatoms. The lowest BCUT2D eigenvalue weighted by atomic mass is 10.1. The van der Waals surface area contributed by atoms with E-state index in [0.717, 1.165) is 25.6 Å². The van der Waals surface area contributed by atoms with Gasteiger partial charge in [-0.1, -0.05) is 27.7 Å². The first-order valence-electron chi connectivity index (χ1n) is 6.95. The lowest BCUT2D eigenvalue weighted by Gasteiger charge is -2.32. The molecule has 1 unspecified atom stereocenters. The molecule has 0 saturated carbocycles. The maximum Gasteiger partial charge on any atom is 0.0193 e. The molecule has 0 amide bonds. The van der Waals surface area contributed by atoms with Crippen LogP contribution in [-0.4, -0.2) is 62.2 Å². The van der Waals surface area contributed by atoms with Crippen LogP contribution in [0.15, 0.2) is 0 Å². The minimum Gasteiger partial charge on any atom is -0.313 e. The Balaban J connectivity index is 4.14. The van der Waals surface area contributed by atoms with Crippen molar-refractivity contribution in [2.75, 3.05) is 40.3 Å². The van der Waals surface area contributed by atoms with Gasteiger partial charge in [0.2, 0.25) is 0 Å². The van der Waals surface area contributed by atoms with Gasteiger partial charge in [0.1, 0.15) is 0 Å². The minimum atomic E-state index is 0.576. The van der Waals surface area contributed by atoms with E-state index in [1.807, 2.05) is 0 Å². The van der Waals surface area contributed by atoms with E-state index < -0.39 is 0 Å². The maximum absolute atomic E-state index is 3.53. The third kappa shape index (κ3) is 9.57. The van der Waals surface area contributed by atoms with Crippen LogP contribution < -0.4 is 5.32 Å². The smallest absolute Gasteiger partial charge is 0.0193 e. The number of hydrogen-bond donors (Lipinski definition) is 1. The molecule has 104 valence electrons. The van der Waals surface area contributed by atoms with Gasteiger partial charge in [-0.05, 0) is 26.9 Å². The standard InChI is InChI=1S/C14H33N3/c1-12(2)11-17(9-8-16(6)7)14(5)10-15-13(3)4/h12-15H,8-11H2,1-7H3. The largest absolute Gasteiger partial charge is 0.313 e. The molecule has 0 spiro atoms. The molecule has 0 bridgehead atoms. The molecule has 0 aromatic carbocycles. The molecule has 0 aromatic rings. The summed E-state index contributed by atoms with van der Waals surface area (Å²) in [6.45, 7) is 15.9. The van der Waals surface area contributed by atoms with Gasteiger partial charge in [0.25, 0.3) is 0 Å². The summed E-state index contributed by atoms with van der Waals surface area (Å²) in [6.07, 6.45) is 0. The van der Waals surface area contributed by atoms with Gasteiger partial charge < -0.3 is 10.2 Å². The zero-order valence-corrected chi connectivity index (χ0v) is 13.0. The van der Waals surface area contributed by atoms with Crippen LogP contribution in [0.25, 0.3) is 0 Å². The van der Waals surface area contributed by atoms with E-state index in [1.54, 1.807) is 0 Å². The average molecular weight is 243 g/mol. The zero-order chi connectivity index (χ0) is 13.4. The molecule has 17 heavy (non-hydrogen) atoms. The highest BCUT2D eigenvalue weighted by molar-refractivity contribution is 4.72. The fourth-order valence-corrected chi connectivity index (χ4v) is 1.82. The molecule has 0 aliphatic heterocycles. The molecule has 0 aliphatic rings. The topological polar surface area (TPSA) is 18.5 Å². The third-order valence-corrected chi connectivity index (χ3v) is 2.88. The van der Waals surface area contributed by atoms with E-state index in [2.05, 4.69) is 63.8 Å². The van der Waals surface area contributed by atoms with E-state index in [-0.39, 0.29) is 0 Å². The first kappa shape index (κ1) is 16.9. The molecule has 0 rings (SSSR count). The molecule has 0 heterocycles. The third-order valence-electron chi connectivity index (χ3n) is 2.88. The zero-order valence-electron chi connectivity index (χ0n) is 13.0. The summed E-state index contributed by atoms with van der Waals surface area (Å²) in [6, 6.07) is 1.19. The molecule has 0 saturated heterocycles. The van der Waals surface area contributed by atoms with E-state index in [1.165, 1.54) is 6.54 Å². The van der Waals surface area contributed by atoms with Crippen LogP contribution in [0, 0.1) is 5.92 Å². The van der Waals surface area contributed by atoms with Crippen LogP contribution in [0.2, 0.25) is 0 Å². The van der Waals surface area contributed by atoms with Crippen molar-refractivity contribution in [1.82, 2.24) is 15.1 Å². The summed E-state index contributed by atoms with van der Waals surface area (Å²) in [5.74, 6) is 0.735. The summed E-state index contributed by atoms with van der Waals surface area (Å²) >= 11 is 0. The van der Waals surface area contributed by atoms with Crippen molar-refractivity contribution in [3.05, 3.63) is 0 Å².